The number of benzene rings is 1. The smallest absolute Gasteiger partial charge is 0.133 e. The third kappa shape index (κ3) is 1.87. The molecule has 0 N–H and O–H groups in total. The number of hydrogen-bond acceptors (Lipinski definition) is 1. The number of hydrogen-bond donors (Lipinski definition) is 0. The fourth-order valence-electron chi connectivity index (χ4n) is 2.34. The highest BCUT2D eigenvalue weighted by atomic mass is 16.1. The summed E-state index contributed by atoms with van der Waals surface area (Å²) in [6, 6.07) is 6.62. The van der Waals surface area contributed by atoms with Gasteiger partial charge in [-0.2, -0.15) is 0 Å². The summed E-state index contributed by atoms with van der Waals surface area (Å²) in [6.45, 7) is 4.24. The van der Waals surface area contributed by atoms with Gasteiger partial charge in [0.1, 0.15) is 5.78 Å². The minimum atomic E-state index is 0.425. The minimum Gasteiger partial charge on any atom is -0.300 e. The maximum absolute atomic E-state index is 11.2. The van der Waals surface area contributed by atoms with Crippen LogP contribution in [0.25, 0.3) is 0 Å². The van der Waals surface area contributed by atoms with Gasteiger partial charge in [-0.25, -0.2) is 0 Å². The molecular formula is C13H16O. The molecule has 1 aromatic rings. The van der Waals surface area contributed by atoms with Crippen molar-refractivity contribution in [3.05, 3.63) is 34.9 Å². The van der Waals surface area contributed by atoms with Crippen molar-refractivity contribution in [2.45, 2.75) is 39.0 Å². The molecule has 0 amide bonds. The Bertz CT molecular complexity index is 345. The van der Waals surface area contributed by atoms with Gasteiger partial charge >= 0.3 is 0 Å². The van der Waals surface area contributed by atoms with E-state index >= 15 is 0 Å². The van der Waals surface area contributed by atoms with E-state index in [2.05, 4.69) is 32.0 Å². The molecule has 2 rings (SSSR count). The summed E-state index contributed by atoms with van der Waals surface area (Å²) in [7, 11) is 0. The lowest BCUT2D eigenvalue weighted by molar-refractivity contribution is -0.117. The van der Waals surface area contributed by atoms with Crippen LogP contribution in [-0.4, -0.2) is 5.78 Å². The van der Waals surface area contributed by atoms with Crippen molar-refractivity contribution in [1.82, 2.24) is 0 Å². The highest BCUT2D eigenvalue weighted by Gasteiger charge is 2.23. The van der Waals surface area contributed by atoms with Gasteiger partial charge < -0.3 is 0 Å². The van der Waals surface area contributed by atoms with Crippen LogP contribution in [-0.2, 0) is 4.79 Å². The average Bonchev–Trinajstić information content (AvgIpc) is 2.50. The summed E-state index contributed by atoms with van der Waals surface area (Å²) in [4.78, 5) is 11.2. The maximum atomic E-state index is 11.2. The van der Waals surface area contributed by atoms with Gasteiger partial charge in [-0.1, -0.05) is 29.3 Å². The summed E-state index contributed by atoms with van der Waals surface area (Å²) in [6.07, 6.45) is 2.57. The maximum Gasteiger partial charge on any atom is 0.133 e. The van der Waals surface area contributed by atoms with Crippen molar-refractivity contribution in [3.8, 4) is 0 Å². The Kier molecular flexibility index (Phi) is 2.40. The van der Waals surface area contributed by atoms with Gasteiger partial charge in [0.05, 0.1) is 0 Å². The van der Waals surface area contributed by atoms with Crippen molar-refractivity contribution in [1.29, 1.82) is 0 Å². The van der Waals surface area contributed by atoms with Gasteiger partial charge in [0.15, 0.2) is 0 Å². The quantitative estimate of drug-likeness (QED) is 0.661. The van der Waals surface area contributed by atoms with Crippen LogP contribution in [0, 0.1) is 13.8 Å². The summed E-state index contributed by atoms with van der Waals surface area (Å²) in [5.41, 5.74) is 3.96. The van der Waals surface area contributed by atoms with Crippen LogP contribution in [0.2, 0.25) is 0 Å². The molecule has 74 valence electrons. The van der Waals surface area contributed by atoms with Crippen molar-refractivity contribution in [3.63, 3.8) is 0 Å². The second-order valence-electron chi connectivity index (χ2n) is 4.40. The van der Waals surface area contributed by atoms with Crippen LogP contribution >= 0.6 is 0 Å². The molecule has 0 spiro atoms. The van der Waals surface area contributed by atoms with Crippen molar-refractivity contribution < 1.29 is 4.79 Å². The first-order chi connectivity index (χ1) is 6.65. The molecule has 1 saturated carbocycles. The minimum absolute atomic E-state index is 0.425. The Morgan fingerprint density at radius 2 is 1.79 bits per heavy atom. The first-order valence-corrected chi connectivity index (χ1v) is 5.25. The second-order valence-corrected chi connectivity index (χ2v) is 4.40. The van der Waals surface area contributed by atoms with E-state index in [-0.39, 0.29) is 0 Å². The van der Waals surface area contributed by atoms with E-state index in [9.17, 15) is 4.79 Å². The van der Waals surface area contributed by atoms with Gasteiger partial charge in [-0.3, -0.25) is 4.79 Å². The Morgan fingerprint density at radius 3 is 2.29 bits per heavy atom. The molecule has 0 saturated heterocycles. The molecule has 1 nitrogen and oxygen atoms in total. The van der Waals surface area contributed by atoms with Gasteiger partial charge in [0.2, 0.25) is 0 Å². The monoisotopic (exact) mass is 188 g/mol. The zero-order chi connectivity index (χ0) is 10.1. The average molecular weight is 188 g/mol. The molecule has 1 atom stereocenters. The molecule has 1 aliphatic carbocycles. The van der Waals surface area contributed by atoms with Crippen LogP contribution in [0.15, 0.2) is 18.2 Å². The highest BCUT2D eigenvalue weighted by Crippen LogP contribution is 2.32. The van der Waals surface area contributed by atoms with Crippen molar-refractivity contribution >= 4 is 5.78 Å². The zero-order valence-corrected chi connectivity index (χ0v) is 8.84. The van der Waals surface area contributed by atoms with Crippen LogP contribution in [0.4, 0.5) is 0 Å². The van der Waals surface area contributed by atoms with E-state index in [1.165, 1.54) is 16.7 Å². The standard InChI is InChI=1S/C13H16O/c1-9-5-10(2)7-12(6-9)11-3-4-13(14)8-11/h5-7,11H,3-4,8H2,1-2H3. The Morgan fingerprint density at radius 1 is 1.14 bits per heavy atom. The summed E-state index contributed by atoms with van der Waals surface area (Å²) in [5.74, 6) is 0.912. The largest absolute Gasteiger partial charge is 0.300 e. The Labute approximate surface area is 85.1 Å². The summed E-state index contributed by atoms with van der Waals surface area (Å²) >= 11 is 0. The number of carbonyl (C=O) groups excluding carboxylic acids is 1. The molecule has 0 bridgehead atoms. The summed E-state index contributed by atoms with van der Waals surface area (Å²) in [5, 5.41) is 0. The summed E-state index contributed by atoms with van der Waals surface area (Å²) < 4.78 is 0. The molecule has 1 unspecified atom stereocenters. The van der Waals surface area contributed by atoms with Gasteiger partial charge in [0, 0.05) is 12.8 Å². The molecular weight excluding hydrogens is 172 g/mol. The molecule has 0 aliphatic heterocycles. The van der Waals surface area contributed by atoms with Crippen LogP contribution in [0.3, 0.4) is 0 Å². The SMILES string of the molecule is Cc1cc(C)cc(C2CCC(=O)C2)c1. The number of ketones is 1. The van der Waals surface area contributed by atoms with E-state index < -0.39 is 0 Å². The third-order valence-corrected chi connectivity index (χ3v) is 2.96. The Balaban J connectivity index is 2.27. The van der Waals surface area contributed by atoms with E-state index in [1.807, 2.05) is 0 Å². The lowest BCUT2D eigenvalue weighted by Crippen LogP contribution is -1.95. The molecule has 1 heteroatoms. The first kappa shape index (κ1) is 9.45. The van der Waals surface area contributed by atoms with Crippen molar-refractivity contribution in [2.75, 3.05) is 0 Å². The topological polar surface area (TPSA) is 17.1 Å². The fourth-order valence-corrected chi connectivity index (χ4v) is 2.34. The highest BCUT2D eigenvalue weighted by molar-refractivity contribution is 5.81. The van der Waals surface area contributed by atoms with Crippen LogP contribution < -0.4 is 0 Å². The number of aryl methyl sites for hydroxylation is 2. The molecule has 0 radical (unpaired) electrons. The van der Waals surface area contributed by atoms with Crippen molar-refractivity contribution in [2.24, 2.45) is 0 Å². The van der Waals surface area contributed by atoms with Gasteiger partial charge in [-0.15, -0.1) is 0 Å². The zero-order valence-electron chi connectivity index (χ0n) is 8.84. The van der Waals surface area contributed by atoms with Gasteiger partial charge in [-0.05, 0) is 31.7 Å². The van der Waals surface area contributed by atoms with Gasteiger partial charge in [0.25, 0.3) is 0 Å². The number of carbonyl (C=O) groups is 1. The first-order valence-electron chi connectivity index (χ1n) is 5.25. The Hall–Kier alpha value is -1.11. The molecule has 0 aromatic heterocycles. The molecule has 1 aromatic carbocycles. The predicted octanol–water partition coefficient (Wildman–Crippen LogP) is 3.14. The number of rotatable bonds is 1. The third-order valence-electron chi connectivity index (χ3n) is 2.96. The second kappa shape index (κ2) is 3.56. The molecule has 14 heavy (non-hydrogen) atoms. The number of Topliss-reactive ketones (excluding diaryl/α,β-unsaturated/α-hetero) is 1. The van der Waals surface area contributed by atoms with E-state index in [0.29, 0.717) is 11.7 Å². The van der Waals surface area contributed by atoms with Crippen LogP contribution in [0.1, 0.15) is 41.9 Å². The fraction of sp³-hybridized carbons (Fsp3) is 0.462. The molecule has 0 heterocycles. The normalized spacial score (nSPS) is 21.6. The van der Waals surface area contributed by atoms with Crippen LogP contribution in [0.5, 0.6) is 0 Å². The molecule has 1 fully saturated rings. The van der Waals surface area contributed by atoms with E-state index in [1.54, 1.807) is 0 Å². The van der Waals surface area contributed by atoms with E-state index in [0.717, 1.165) is 19.3 Å². The lowest BCUT2D eigenvalue weighted by Gasteiger charge is -2.10. The van der Waals surface area contributed by atoms with E-state index in [4.69, 9.17) is 0 Å². The lowest BCUT2D eigenvalue weighted by atomic mass is 9.94. The molecule has 1 aliphatic rings. The predicted molar refractivity (Wildman–Crippen MR) is 57.5 cm³/mol.